The summed E-state index contributed by atoms with van der Waals surface area (Å²) in [6.45, 7) is -0.0463. The van der Waals surface area contributed by atoms with Gasteiger partial charge in [-0.05, 0) is 0 Å². The molecule has 0 aromatic rings. The average molecular weight is 104 g/mol. The molecule has 0 aliphatic rings. The van der Waals surface area contributed by atoms with Crippen molar-refractivity contribution in [1.29, 1.82) is 0 Å². The lowest BCUT2D eigenvalue weighted by Gasteiger charge is -1.75. The Balaban J connectivity index is 3.05. The summed E-state index contributed by atoms with van der Waals surface area (Å²) in [5, 5.41) is 0. The van der Waals surface area contributed by atoms with E-state index in [-0.39, 0.29) is 6.54 Å². The van der Waals surface area contributed by atoms with Crippen molar-refractivity contribution in [1.82, 2.24) is 0 Å². The second kappa shape index (κ2) is 2.71. The highest BCUT2D eigenvalue weighted by atomic mass is 32.1. The van der Waals surface area contributed by atoms with Gasteiger partial charge < -0.3 is 5.73 Å². The van der Waals surface area contributed by atoms with Gasteiger partial charge in [-0.25, -0.2) is 4.36 Å². The van der Waals surface area contributed by atoms with Crippen LogP contribution in [-0.2, 0) is 17.2 Å². The molecule has 0 spiro atoms. The maximum Gasteiger partial charge on any atom is 0.240 e. The van der Waals surface area contributed by atoms with Gasteiger partial charge in [-0.2, -0.15) is 0 Å². The highest BCUT2D eigenvalue weighted by Crippen LogP contribution is 1.58. The Morgan fingerprint density at radius 1 is 2.00 bits per heavy atom. The van der Waals surface area contributed by atoms with Crippen LogP contribution in [0, 0.1) is 0 Å². The smallest absolute Gasteiger partial charge is 0.240 e. The maximum absolute atomic E-state index is 9.66. The molecule has 4 heteroatoms. The summed E-state index contributed by atoms with van der Waals surface area (Å²) < 4.78 is 3.04. The van der Waals surface area contributed by atoms with E-state index in [9.17, 15) is 4.79 Å². The highest BCUT2D eigenvalue weighted by molar-refractivity contribution is 7.47. The summed E-state index contributed by atoms with van der Waals surface area (Å²) in [5.41, 5.74) is 4.60. The molecule has 0 radical (unpaired) electrons. The lowest BCUT2D eigenvalue weighted by Crippen LogP contribution is -2.13. The van der Waals surface area contributed by atoms with Crippen LogP contribution in [-0.4, -0.2) is 12.5 Å². The molecule has 0 atom stereocenters. The molecule has 6 heavy (non-hydrogen) atoms. The predicted molar refractivity (Wildman–Crippen MR) is 23.9 cm³/mol. The van der Waals surface area contributed by atoms with E-state index in [1.165, 1.54) is 0 Å². The number of nitrogens with zero attached hydrogens (tertiary/aromatic N) is 1. The fourth-order valence-electron chi connectivity index (χ4n) is 0.0636. The SMILES string of the molecule is NC(=O)CN=S. The Hall–Kier alpha value is -0.510. The Labute approximate surface area is 40.7 Å². The first-order valence-corrected chi connectivity index (χ1v) is 1.71. The molecule has 0 aliphatic heterocycles. The molecule has 0 aromatic heterocycles. The van der Waals surface area contributed by atoms with Crippen molar-refractivity contribution < 1.29 is 4.79 Å². The third-order valence-corrected chi connectivity index (χ3v) is 0.349. The van der Waals surface area contributed by atoms with Gasteiger partial charge in [-0.1, -0.05) is 0 Å². The summed E-state index contributed by atoms with van der Waals surface area (Å²) in [6.07, 6.45) is 0. The zero-order chi connectivity index (χ0) is 4.99. The molecule has 0 fully saturated rings. The number of carbonyl (C=O) groups is 1. The second-order valence-electron chi connectivity index (χ2n) is 0.754. The molecule has 0 unspecified atom stereocenters. The van der Waals surface area contributed by atoms with Gasteiger partial charge >= 0.3 is 0 Å². The van der Waals surface area contributed by atoms with Crippen molar-refractivity contribution in [2.75, 3.05) is 6.54 Å². The van der Waals surface area contributed by atoms with E-state index in [0.29, 0.717) is 0 Å². The van der Waals surface area contributed by atoms with E-state index in [0.717, 1.165) is 0 Å². The number of amides is 1. The van der Waals surface area contributed by atoms with Gasteiger partial charge in [-0.15, -0.1) is 0 Å². The Kier molecular flexibility index (Phi) is 2.48. The van der Waals surface area contributed by atoms with E-state index in [2.05, 4.69) is 22.5 Å². The van der Waals surface area contributed by atoms with Crippen LogP contribution in [0.1, 0.15) is 0 Å². The van der Waals surface area contributed by atoms with Crippen LogP contribution >= 0.6 is 0 Å². The standard InChI is InChI=1S/C2H4N2OS/c3-2(5)1-4-6/h1H2,(H2,3,5). The summed E-state index contributed by atoms with van der Waals surface area (Å²) >= 11 is 4.05. The van der Waals surface area contributed by atoms with Crippen molar-refractivity contribution in [3.63, 3.8) is 0 Å². The van der Waals surface area contributed by atoms with Gasteiger partial charge in [0.15, 0.2) is 0 Å². The van der Waals surface area contributed by atoms with Gasteiger partial charge in [0.05, 0.1) is 0 Å². The minimum atomic E-state index is -0.481. The van der Waals surface area contributed by atoms with Crippen LogP contribution < -0.4 is 5.73 Å². The topological polar surface area (TPSA) is 55.5 Å². The van der Waals surface area contributed by atoms with Crippen LogP contribution in [0.4, 0.5) is 0 Å². The number of hydrogen-bond acceptors (Lipinski definition) is 3. The van der Waals surface area contributed by atoms with Crippen LogP contribution in [0.5, 0.6) is 0 Å². The lowest BCUT2D eigenvalue weighted by molar-refractivity contribution is -0.116. The van der Waals surface area contributed by atoms with Crippen molar-refractivity contribution in [2.24, 2.45) is 10.1 Å². The molecule has 2 N–H and O–H groups in total. The zero-order valence-corrected chi connectivity index (χ0v) is 3.86. The number of rotatable bonds is 2. The molecule has 0 saturated heterocycles. The van der Waals surface area contributed by atoms with E-state index >= 15 is 0 Å². The van der Waals surface area contributed by atoms with E-state index in [1.54, 1.807) is 0 Å². The molecule has 3 nitrogen and oxygen atoms in total. The largest absolute Gasteiger partial charge is 0.368 e. The van der Waals surface area contributed by atoms with Crippen LogP contribution in [0.15, 0.2) is 4.36 Å². The quantitative estimate of drug-likeness (QED) is 0.498. The zero-order valence-electron chi connectivity index (χ0n) is 3.05. The third kappa shape index (κ3) is 3.49. The molecule has 0 heterocycles. The molecule has 1 amide bonds. The predicted octanol–water partition coefficient (Wildman–Crippen LogP) is -0.798. The molecule has 0 aliphatic carbocycles. The van der Waals surface area contributed by atoms with E-state index in [4.69, 9.17) is 0 Å². The Morgan fingerprint density at radius 2 is 2.50 bits per heavy atom. The first kappa shape index (κ1) is 5.49. The van der Waals surface area contributed by atoms with Gasteiger partial charge in [0, 0.05) is 12.4 Å². The molecule has 0 aromatic carbocycles. The number of carbonyl (C=O) groups excluding carboxylic acids is 1. The van der Waals surface area contributed by atoms with E-state index < -0.39 is 5.91 Å². The molecule has 0 rings (SSSR count). The Bertz CT molecular complexity index is 71.9. The van der Waals surface area contributed by atoms with Crippen molar-refractivity contribution in [3.05, 3.63) is 0 Å². The first-order chi connectivity index (χ1) is 2.77. The normalized spacial score (nSPS) is 7.33. The van der Waals surface area contributed by atoms with E-state index in [1.807, 2.05) is 0 Å². The first-order valence-electron chi connectivity index (χ1n) is 1.35. The number of nitrogens with two attached hydrogens (primary N) is 1. The summed E-state index contributed by atoms with van der Waals surface area (Å²) in [7, 11) is 0. The average Bonchev–Trinajstić information content (AvgIpc) is 1.35. The van der Waals surface area contributed by atoms with Gasteiger partial charge in [0.2, 0.25) is 5.91 Å². The lowest BCUT2D eigenvalue weighted by atomic mass is 10.7. The summed E-state index contributed by atoms with van der Waals surface area (Å²) in [5.74, 6) is -0.481. The van der Waals surface area contributed by atoms with Gasteiger partial charge in [0.25, 0.3) is 0 Å². The fourth-order valence-corrected chi connectivity index (χ4v) is 0.191. The molecule has 0 saturated carbocycles. The van der Waals surface area contributed by atoms with Gasteiger partial charge in [0.1, 0.15) is 6.54 Å². The van der Waals surface area contributed by atoms with Crippen molar-refractivity contribution >= 4 is 18.3 Å². The van der Waals surface area contributed by atoms with Crippen molar-refractivity contribution in [3.8, 4) is 0 Å². The monoisotopic (exact) mass is 104 g/mol. The Morgan fingerprint density at radius 3 is 2.50 bits per heavy atom. The summed E-state index contributed by atoms with van der Waals surface area (Å²) in [6, 6.07) is 0. The number of hydrogen-bond donors (Lipinski definition) is 1. The molecular formula is C2H4N2OS. The fraction of sp³-hybridized carbons (Fsp3) is 0.500. The maximum atomic E-state index is 9.66. The minimum absolute atomic E-state index is 0.0463. The molecular weight excluding hydrogens is 100 g/mol. The highest BCUT2D eigenvalue weighted by Gasteiger charge is 1.83. The summed E-state index contributed by atoms with van der Waals surface area (Å²) in [4.78, 5) is 9.66. The third-order valence-electron chi connectivity index (χ3n) is 0.220. The minimum Gasteiger partial charge on any atom is -0.368 e. The molecule has 0 bridgehead atoms. The second-order valence-corrected chi connectivity index (χ2v) is 1.01. The van der Waals surface area contributed by atoms with Crippen molar-refractivity contribution in [2.45, 2.75) is 0 Å². The number of primary amides is 1. The van der Waals surface area contributed by atoms with Gasteiger partial charge in [-0.3, -0.25) is 4.79 Å². The molecule has 34 valence electrons. The van der Waals surface area contributed by atoms with Crippen LogP contribution in [0.3, 0.4) is 0 Å². The van der Waals surface area contributed by atoms with Crippen LogP contribution in [0.2, 0.25) is 0 Å². The van der Waals surface area contributed by atoms with Crippen LogP contribution in [0.25, 0.3) is 0 Å².